The SMILES string of the molecule is CCCC(CCC)CNc1c(C(=O)C2CC2)cnc2ccc(-c3cc(F)c(O)c(F)c3)cc12. The number of fused-ring (bicyclic) bond motifs is 1. The first-order valence-electron chi connectivity index (χ1n) is 11.8. The molecular formula is C27H30F2N2O2. The summed E-state index contributed by atoms with van der Waals surface area (Å²) in [4.78, 5) is 17.6. The smallest absolute Gasteiger partial charge is 0.187 e. The van der Waals surface area contributed by atoms with Gasteiger partial charge >= 0.3 is 0 Å². The van der Waals surface area contributed by atoms with E-state index in [-0.39, 0.29) is 11.7 Å². The van der Waals surface area contributed by atoms with Gasteiger partial charge in [-0.05, 0) is 67.0 Å². The van der Waals surface area contributed by atoms with Gasteiger partial charge in [-0.3, -0.25) is 9.78 Å². The summed E-state index contributed by atoms with van der Waals surface area (Å²) in [5, 5.41) is 13.8. The molecule has 1 aliphatic carbocycles. The van der Waals surface area contributed by atoms with E-state index in [1.54, 1.807) is 18.3 Å². The van der Waals surface area contributed by atoms with Crippen LogP contribution >= 0.6 is 0 Å². The van der Waals surface area contributed by atoms with E-state index >= 15 is 0 Å². The topological polar surface area (TPSA) is 62.2 Å². The third-order valence-corrected chi connectivity index (χ3v) is 6.39. The number of pyridine rings is 1. The van der Waals surface area contributed by atoms with Crippen molar-refractivity contribution >= 4 is 22.4 Å². The predicted octanol–water partition coefficient (Wildman–Crippen LogP) is 7.11. The van der Waals surface area contributed by atoms with Crippen molar-refractivity contribution < 1.29 is 18.7 Å². The predicted molar refractivity (Wildman–Crippen MR) is 128 cm³/mol. The Morgan fingerprint density at radius 1 is 1.09 bits per heavy atom. The molecule has 0 aliphatic heterocycles. The van der Waals surface area contributed by atoms with E-state index in [0.29, 0.717) is 28.1 Å². The number of phenols is 1. The molecule has 1 fully saturated rings. The summed E-state index contributed by atoms with van der Waals surface area (Å²) in [7, 11) is 0. The maximum Gasteiger partial charge on any atom is 0.187 e. The van der Waals surface area contributed by atoms with Crippen molar-refractivity contribution in [3.05, 3.63) is 53.7 Å². The lowest BCUT2D eigenvalue weighted by Gasteiger charge is -2.20. The van der Waals surface area contributed by atoms with Gasteiger partial charge in [0.15, 0.2) is 23.2 Å². The summed E-state index contributed by atoms with van der Waals surface area (Å²) in [6, 6.07) is 7.56. The van der Waals surface area contributed by atoms with Gasteiger partial charge in [0, 0.05) is 24.0 Å². The third kappa shape index (κ3) is 5.00. The van der Waals surface area contributed by atoms with Crippen LogP contribution in [0.1, 0.15) is 62.7 Å². The minimum absolute atomic E-state index is 0.0513. The number of nitrogens with zero attached hydrogens (tertiary/aromatic N) is 1. The largest absolute Gasteiger partial charge is 0.503 e. The molecule has 0 unspecified atom stereocenters. The van der Waals surface area contributed by atoms with Crippen molar-refractivity contribution in [3.63, 3.8) is 0 Å². The first kappa shape index (κ1) is 23.1. The number of anilines is 1. The quantitative estimate of drug-likeness (QED) is 0.322. The van der Waals surface area contributed by atoms with E-state index < -0.39 is 17.4 Å². The summed E-state index contributed by atoms with van der Waals surface area (Å²) < 4.78 is 28.0. The number of rotatable bonds is 10. The molecule has 4 nitrogen and oxygen atoms in total. The van der Waals surface area contributed by atoms with Crippen LogP contribution in [0.3, 0.4) is 0 Å². The maximum atomic E-state index is 14.0. The molecule has 1 aliphatic rings. The van der Waals surface area contributed by atoms with Gasteiger partial charge in [-0.25, -0.2) is 8.78 Å². The third-order valence-electron chi connectivity index (χ3n) is 6.39. The lowest BCUT2D eigenvalue weighted by molar-refractivity contribution is 0.0968. The highest BCUT2D eigenvalue weighted by Crippen LogP contribution is 2.38. The van der Waals surface area contributed by atoms with E-state index in [1.165, 1.54) is 0 Å². The molecule has 4 rings (SSSR count). The van der Waals surface area contributed by atoms with Crippen molar-refractivity contribution in [1.29, 1.82) is 0 Å². The van der Waals surface area contributed by atoms with Crippen LogP contribution in [0.25, 0.3) is 22.0 Å². The number of hydrogen-bond acceptors (Lipinski definition) is 4. The number of halogens is 2. The zero-order chi connectivity index (χ0) is 23.5. The first-order valence-corrected chi connectivity index (χ1v) is 11.8. The second kappa shape index (κ2) is 9.86. The highest BCUT2D eigenvalue weighted by atomic mass is 19.1. The molecule has 2 aromatic carbocycles. The Labute approximate surface area is 193 Å². The van der Waals surface area contributed by atoms with Crippen molar-refractivity contribution in [2.24, 2.45) is 11.8 Å². The van der Waals surface area contributed by atoms with Gasteiger partial charge in [-0.2, -0.15) is 0 Å². The molecule has 174 valence electrons. The molecule has 0 bridgehead atoms. The molecular weight excluding hydrogens is 422 g/mol. The normalized spacial score (nSPS) is 13.6. The standard InChI is InChI=1S/C27H30F2N2O2/c1-3-5-16(6-4-2)14-31-25-20-11-18(19-12-22(28)27(33)23(29)13-19)9-10-24(20)30-15-21(25)26(32)17-7-8-17/h9-13,15-17,33H,3-8,14H2,1-2H3,(H,30,31). The zero-order valence-electron chi connectivity index (χ0n) is 19.1. The Morgan fingerprint density at radius 2 is 1.76 bits per heavy atom. The molecule has 1 heterocycles. The van der Waals surface area contributed by atoms with Crippen molar-refractivity contribution in [2.75, 3.05) is 11.9 Å². The van der Waals surface area contributed by atoms with Gasteiger partial charge in [0.2, 0.25) is 0 Å². The number of carbonyl (C=O) groups excluding carboxylic acids is 1. The molecule has 33 heavy (non-hydrogen) atoms. The van der Waals surface area contributed by atoms with E-state index in [4.69, 9.17) is 0 Å². The number of phenolic OH excluding ortho intramolecular Hbond substituents is 1. The lowest BCUT2D eigenvalue weighted by atomic mass is 9.96. The van der Waals surface area contributed by atoms with Gasteiger partial charge in [0.05, 0.1) is 16.8 Å². The van der Waals surface area contributed by atoms with Crippen LogP contribution in [0, 0.1) is 23.5 Å². The number of nitrogens with one attached hydrogen (secondary N) is 1. The molecule has 3 aromatic rings. The fraction of sp³-hybridized carbons (Fsp3) is 0.407. The van der Waals surface area contributed by atoms with Gasteiger partial charge in [-0.1, -0.05) is 32.8 Å². The molecule has 1 saturated carbocycles. The number of carbonyl (C=O) groups is 1. The second-order valence-corrected chi connectivity index (χ2v) is 9.03. The van der Waals surface area contributed by atoms with E-state index in [1.807, 2.05) is 6.07 Å². The van der Waals surface area contributed by atoms with Crippen molar-refractivity contribution in [1.82, 2.24) is 4.98 Å². The minimum Gasteiger partial charge on any atom is -0.503 e. The molecule has 1 aromatic heterocycles. The highest BCUT2D eigenvalue weighted by molar-refractivity contribution is 6.10. The fourth-order valence-corrected chi connectivity index (χ4v) is 4.46. The van der Waals surface area contributed by atoms with Crippen LogP contribution in [0.15, 0.2) is 36.5 Å². The molecule has 0 amide bonds. The Kier molecular flexibility index (Phi) is 6.91. The molecule has 2 N–H and O–H groups in total. The summed E-state index contributed by atoms with van der Waals surface area (Å²) in [5.74, 6) is -2.37. The molecule has 0 atom stereocenters. The molecule has 0 saturated heterocycles. The number of aromatic nitrogens is 1. The number of aromatic hydroxyl groups is 1. The van der Waals surface area contributed by atoms with Crippen molar-refractivity contribution in [2.45, 2.75) is 52.4 Å². The lowest BCUT2D eigenvalue weighted by Crippen LogP contribution is -2.17. The fourth-order valence-electron chi connectivity index (χ4n) is 4.46. The zero-order valence-corrected chi connectivity index (χ0v) is 19.1. The Balaban J connectivity index is 1.79. The van der Waals surface area contributed by atoms with Crippen LogP contribution in [0.5, 0.6) is 5.75 Å². The van der Waals surface area contributed by atoms with Gasteiger partial charge in [-0.15, -0.1) is 0 Å². The maximum absolute atomic E-state index is 14.0. The van der Waals surface area contributed by atoms with E-state index in [9.17, 15) is 18.7 Å². The van der Waals surface area contributed by atoms with Gasteiger partial charge in [0.1, 0.15) is 0 Å². The molecule has 0 spiro atoms. The summed E-state index contributed by atoms with van der Waals surface area (Å²) in [5.41, 5.74) is 2.92. The Hall–Kier alpha value is -3.02. The van der Waals surface area contributed by atoms with Crippen LogP contribution in [-0.4, -0.2) is 22.4 Å². The van der Waals surface area contributed by atoms with Gasteiger partial charge < -0.3 is 10.4 Å². The molecule has 6 heteroatoms. The van der Waals surface area contributed by atoms with Crippen LogP contribution in [0.2, 0.25) is 0 Å². The van der Waals surface area contributed by atoms with E-state index in [2.05, 4.69) is 24.1 Å². The highest BCUT2D eigenvalue weighted by Gasteiger charge is 2.32. The second-order valence-electron chi connectivity index (χ2n) is 9.03. The Morgan fingerprint density at radius 3 is 2.36 bits per heavy atom. The summed E-state index contributed by atoms with van der Waals surface area (Å²) in [6.07, 6.45) is 7.85. The summed E-state index contributed by atoms with van der Waals surface area (Å²) in [6.45, 7) is 5.10. The minimum atomic E-state index is -1.01. The van der Waals surface area contributed by atoms with Gasteiger partial charge in [0.25, 0.3) is 0 Å². The molecule has 0 radical (unpaired) electrons. The number of Topliss-reactive ketones (excluding diaryl/α,β-unsaturated/α-hetero) is 1. The number of hydrogen-bond donors (Lipinski definition) is 2. The van der Waals surface area contributed by atoms with Crippen LogP contribution in [0.4, 0.5) is 14.5 Å². The Bertz CT molecular complexity index is 1150. The van der Waals surface area contributed by atoms with Crippen LogP contribution in [-0.2, 0) is 0 Å². The van der Waals surface area contributed by atoms with Crippen LogP contribution < -0.4 is 5.32 Å². The van der Waals surface area contributed by atoms with E-state index in [0.717, 1.165) is 68.3 Å². The number of benzene rings is 2. The average molecular weight is 453 g/mol. The summed E-state index contributed by atoms with van der Waals surface area (Å²) >= 11 is 0. The first-order chi connectivity index (χ1) is 15.9. The van der Waals surface area contributed by atoms with Crippen molar-refractivity contribution in [3.8, 4) is 16.9 Å². The average Bonchev–Trinajstić information content (AvgIpc) is 3.65. The monoisotopic (exact) mass is 452 g/mol. The number of ketones is 1.